The molecule has 1 atom stereocenters. The van der Waals surface area contributed by atoms with Gasteiger partial charge in [0.15, 0.2) is 10.6 Å². The molecule has 0 bridgehead atoms. The Morgan fingerprint density at radius 1 is 1.48 bits per heavy atom. The van der Waals surface area contributed by atoms with Crippen LogP contribution >= 0.6 is 11.3 Å². The zero-order valence-corrected chi connectivity index (χ0v) is 13.3. The van der Waals surface area contributed by atoms with Gasteiger partial charge in [-0.05, 0) is 5.92 Å². The molecule has 2 amide bonds. The Labute approximate surface area is 127 Å². The Morgan fingerprint density at radius 2 is 2.24 bits per heavy atom. The minimum atomic E-state index is -0.528. The van der Waals surface area contributed by atoms with E-state index in [-0.39, 0.29) is 12.0 Å². The second-order valence-electron chi connectivity index (χ2n) is 6.12. The van der Waals surface area contributed by atoms with Crippen molar-refractivity contribution in [3.63, 3.8) is 0 Å². The summed E-state index contributed by atoms with van der Waals surface area (Å²) in [7, 11) is 1.72. The van der Waals surface area contributed by atoms with Gasteiger partial charge in [-0.3, -0.25) is 4.79 Å². The molecule has 2 aliphatic rings. The van der Waals surface area contributed by atoms with Crippen molar-refractivity contribution in [2.24, 2.45) is 0 Å². The molecule has 0 radical (unpaired) electrons. The Bertz CT molecular complexity index is 586. The minimum absolute atomic E-state index is 0.0608. The Hall–Kier alpha value is -1.63. The van der Waals surface area contributed by atoms with Gasteiger partial charge in [0.05, 0.1) is 18.8 Å². The molecule has 21 heavy (non-hydrogen) atoms. The molecule has 1 aromatic rings. The summed E-state index contributed by atoms with van der Waals surface area (Å²) in [6.45, 7) is 5.73. The molecule has 0 saturated carbocycles. The number of carbonyl (C=O) groups excluding carboxylic acids is 2. The van der Waals surface area contributed by atoms with Crippen molar-refractivity contribution >= 4 is 23.3 Å². The van der Waals surface area contributed by atoms with Crippen LogP contribution in [0.5, 0.6) is 0 Å². The van der Waals surface area contributed by atoms with E-state index < -0.39 is 5.60 Å². The van der Waals surface area contributed by atoms with E-state index in [0.717, 1.165) is 5.69 Å². The number of rotatable bonds is 2. The van der Waals surface area contributed by atoms with Gasteiger partial charge in [-0.25, -0.2) is 9.78 Å². The van der Waals surface area contributed by atoms with Crippen molar-refractivity contribution in [3.8, 4) is 0 Å². The average Bonchev–Trinajstić information content (AvgIpc) is 3.10. The second kappa shape index (κ2) is 4.98. The summed E-state index contributed by atoms with van der Waals surface area (Å²) >= 11 is 1.38. The molecule has 3 heterocycles. The lowest BCUT2D eigenvalue weighted by Gasteiger charge is -2.21. The third kappa shape index (κ3) is 2.50. The van der Waals surface area contributed by atoms with Crippen LogP contribution in [0.1, 0.15) is 41.7 Å². The average molecular weight is 309 g/mol. The minimum Gasteiger partial charge on any atom is -0.439 e. The Kier molecular flexibility index (Phi) is 3.39. The van der Waals surface area contributed by atoms with E-state index >= 15 is 0 Å². The van der Waals surface area contributed by atoms with Gasteiger partial charge in [0.25, 0.3) is 5.91 Å². The van der Waals surface area contributed by atoms with E-state index in [1.807, 2.05) is 5.38 Å². The van der Waals surface area contributed by atoms with Gasteiger partial charge >= 0.3 is 6.09 Å². The molecule has 0 N–H and O–H groups in total. The molecule has 2 aliphatic heterocycles. The van der Waals surface area contributed by atoms with Gasteiger partial charge in [-0.2, -0.15) is 0 Å². The molecule has 7 heteroatoms. The third-order valence-corrected chi connectivity index (χ3v) is 4.89. The predicted molar refractivity (Wildman–Crippen MR) is 78.6 cm³/mol. The van der Waals surface area contributed by atoms with Gasteiger partial charge in [-0.1, -0.05) is 13.8 Å². The monoisotopic (exact) mass is 309 g/mol. The van der Waals surface area contributed by atoms with Gasteiger partial charge in [-0.15, -0.1) is 11.3 Å². The molecule has 3 rings (SSSR count). The van der Waals surface area contributed by atoms with Gasteiger partial charge in [0.1, 0.15) is 0 Å². The van der Waals surface area contributed by atoms with Crippen molar-refractivity contribution in [2.45, 2.75) is 31.8 Å². The predicted octanol–water partition coefficient (Wildman–Crippen LogP) is 1.93. The van der Waals surface area contributed by atoms with Crippen LogP contribution in [-0.4, -0.2) is 59.1 Å². The number of thiazole rings is 1. The maximum Gasteiger partial charge on any atom is 0.410 e. The van der Waals surface area contributed by atoms with E-state index in [1.165, 1.54) is 11.3 Å². The van der Waals surface area contributed by atoms with Crippen LogP contribution in [0, 0.1) is 0 Å². The van der Waals surface area contributed by atoms with Gasteiger partial charge in [0, 0.05) is 25.4 Å². The fourth-order valence-corrected chi connectivity index (χ4v) is 3.75. The van der Waals surface area contributed by atoms with Crippen molar-refractivity contribution in [3.05, 3.63) is 16.1 Å². The lowest BCUT2D eigenvalue weighted by Crippen LogP contribution is -2.39. The number of hydrogen-bond acceptors (Lipinski definition) is 5. The highest BCUT2D eigenvalue weighted by Crippen LogP contribution is 2.32. The summed E-state index contributed by atoms with van der Waals surface area (Å²) in [4.78, 5) is 31.8. The van der Waals surface area contributed by atoms with Crippen LogP contribution in [0.3, 0.4) is 0 Å². The van der Waals surface area contributed by atoms with E-state index in [9.17, 15) is 9.59 Å². The van der Waals surface area contributed by atoms with E-state index in [2.05, 4.69) is 18.8 Å². The molecule has 0 unspecified atom stereocenters. The lowest BCUT2D eigenvalue weighted by molar-refractivity contribution is 0.0553. The van der Waals surface area contributed by atoms with Crippen molar-refractivity contribution < 1.29 is 14.3 Å². The molecule has 1 spiro atoms. The summed E-state index contributed by atoms with van der Waals surface area (Å²) in [5, 5.41) is 2.46. The standard InChI is InChI=1S/C14H19N3O3S/c1-9(2)10-6-21-11(15-10)12(18)17-5-4-14(8-17)7-16(3)13(19)20-14/h6,9H,4-5,7-8H2,1-3H3/t14-/m0/s1. The summed E-state index contributed by atoms with van der Waals surface area (Å²) in [6.07, 6.45) is 0.387. The van der Waals surface area contributed by atoms with E-state index in [1.54, 1.807) is 16.8 Å². The lowest BCUT2D eigenvalue weighted by atomic mass is 10.0. The number of likely N-dealkylation sites (tertiary alicyclic amines) is 1. The fourth-order valence-electron chi connectivity index (χ4n) is 2.81. The first-order valence-electron chi connectivity index (χ1n) is 7.09. The number of likely N-dealkylation sites (N-methyl/N-ethyl adjacent to an activating group) is 1. The van der Waals surface area contributed by atoms with Crippen LogP contribution in [0.15, 0.2) is 5.38 Å². The number of aromatic nitrogens is 1. The summed E-state index contributed by atoms with van der Waals surface area (Å²) in [5.41, 5.74) is 0.420. The summed E-state index contributed by atoms with van der Waals surface area (Å²) in [5.74, 6) is 0.256. The normalized spacial score (nSPS) is 25.2. The van der Waals surface area contributed by atoms with E-state index in [4.69, 9.17) is 4.74 Å². The van der Waals surface area contributed by atoms with Crippen molar-refractivity contribution in [1.82, 2.24) is 14.8 Å². The first-order valence-corrected chi connectivity index (χ1v) is 7.97. The van der Waals surface area contributed by atoms with Crippen molar-refractivity contribution in [2.75, 3.05) is 26.7 Å². The Balaban J connectivity index is 1.71. The zero-order valence-electron chi connectivity index (χ0n) is 12.5. The molecule has 0 aliphatic carbocycles. The highest BCUT2D eigenvalue weighted by molar-refractivity contribution is 7.11. The topological polar surface area (TPSA) is 62.7 Å². The van der Waals surface area contributed by atoms with Crippen molar-refractivity contribution in [1.29, 1.82) is 0 Å². The number of amides is 2. The Morgan fingerprint density at radius 3 is 2.81 bits per heavy atom. The maximum atomic E-state index is 12.5. The first kappa shape index (κ1) is 14.3. The number of ether oxygens (including phenoxy) is 1. The zero-order chi connectivity index (χ0) is 15.2. The third-order valence-electron chi connectivity index (χ3n) is 4.04. The molecular weight excluding hydrogens is 290 g/mol. The SMILES string of the molecule is CC(C)c1csc(C(=O)N2CC[C@]3(CN(C)C(=O)O3)C2)n1. The summed E-state index contributed by atoms with van der Waals surface area (Å²) < 4.78 is 5.46. The van der Waals surface area contributed by atoms with Gasteiger partial charge < -0.3 is 14.5 Å². The molecule has 0 aromatic carbocycles. The van der Waals surface area contributed by atoms with Crippen LogP contribution in [0.25, 0.3) is 0 Å². The van der Waals surface area contributed by atoms with Crippen LogP contribution in [-0.2, 0) is 4.74 Å². The maximum absolute atomic E-state index is 12.5. The van der Waals surface area contributed by atoms with Crippen LogP contribution in [0.4, 0.5) is 4.79 Å². The highest BCUT2D eigenvalue weighted by Gasteiger charge is 2.49. The van der Waals surface area contributed by atoms with E-state index in [0.29, 0.717) is 37.0 Å². The molecule has 6 nitrogen and oxygen atoms in total. The quantitative estimate of drug-likeness (QED) is 0.837. The molecule has 114 valence electrons. The first-order chi connectivity index (χ1) is 9.90. The second-order valence-corrected chi connectivity index (χ2v) is 6.97. The number of nitrogens with zero attached hydrogens (tertiary/aromatic N) is 3. The number of hydrogen-bond donors (Lipinski definition) is 0. The largest absolute Gasteiger partial charge is 0.439 e. The van der Waals surface area contributed by atoms with Gasteiger partial charge in [0.2, 0.25) is 0 Å². The molecular formula is C14H19N3O3S. The summed E-state index contributed by atoms with van der Waals surface area (Å²) in [6, 6.07) is 0. The highest BCUT2D eigenvalue weighted by atomic mass is 32.1. The van der Waals surface area contributed by atoms with Crippen LogP contribution in [0.2, 0.25) is 0 Å². The molecule has 1 aromatic heterocycles. The smallest absolute Gasteiger partial charge is 0.410 e. The molecule has 2 fully saturated rings. The van der Waals surface area contributed by atoms with Crippen LogP contribution < -0.4 is 0 Å². The number of carbonyl (C=O) groups is 2. The fraction of sp³-hybridized carbons (Fsp3) is 0.643. The molecule has 2 saturated heterocycles.